The van der Waals surface area contributed by atoms with Gasteiger partial charge in [-0.15, -0.1) is 0 Å². The van der Waals surface area contributed by atoms with E-state index < -0.39 is 0 Å². The number of carbonyl (C=O) groups excluding carboxylic acids is 1. The Labute approximate surface area is 165 Å². The SMILES string of the molecule is COc1cccc(-c2cc(-c3ccccc3)ccc2C(=O)c2ccccc2)c1. The van der Waals surface area contributed by atoms with Crippen LogP contribution in [0.1, 0.15) is 15.9 Å². The molecule has 0 aliphatic heterocycles. The molecule has 0 N–H and O–H groups in total. The van der Waals surface area contributed by atoms with Crippen molar-refractivity contribution in [3.8, 4) is 28.0 Å². The van der Waals surface area contributed by atoms with E-state index in [0.29, 0.717) is 11.1 Å². The van der Waals surface area contributed by atoms with E-state index in [4.69, 9.17) is 4.74 Å². The van der Waals surface area contributed by atoms with Gasteiger partial charge < -0.3 is 4.74 Å². The second kappa shape index (κ2) is 7.93. The van der Waals surface area contributed by atoms with Gasteiger partial charge >= 0.3 is 0 Å². The summed E-state index contributed by atoms with van der Waals surface area (Å²) in [7, 11) is 1.65. The van der Waals surface area contributed by atoms with Crippen LogP contribution in [-0.4, -0.2) is 12.9 Å². The van der Waals surface area contributed by atoms with Gasteiger partial charge in [-0.05, 0) is 46.5 Å². The number of hydrogen-bond acceptors (Lipinski definition) is 2. The van der Waals surface area contributed by atoms with Crippen LogP contribution in [0.15, 0.2) is 103 Å². The van der Waals surface area contributed by atoms with Crippen LogP contribution >= 0.6 is 0 Å². The van der Waals surface area contributed by atoms with Gasteiger partial charge in [-0.2, -0.15) is 0 Å². The van der Waals surface area contributed by atoms with Crippen LogP contribution in [0.4, 0.5) is 0 Å². The zero-order valence-corrected chi connectivity index (χ0v) is 15.6. The first-order chi connectivity index (χ1) is 13.8. The molecule has 0 radical (unpaired) electrons. The number of ether oxygens (including phenoxy) is 1. The van der Waals surface area contributed by atoms with Crippen molar-refractivity contribution in [1.29, 1.82) is 0 Å². The quantitative estimate of drug-likeness (QED) is 0.391. The highest BCUT2D eigenvalue weighted by molar-refractivity contribution is 6.13. The van der Waals surface area contributed by atoms with E-state index in [-0.39, 0.29) is 5.78 Å². The third kappa shape index (κ3) is 3.58. The maximum Gasteiger partial charge on any atom is 0.193 e. The number of carbonyl (C=O) groups is 1. The van der Waals surface area contributed by atoms with E-state index in [9.17, 15) is 4.79 Å². The van der Waals surface area contributed by atoms with Crippen molar-refractivity contribution in [2.75, 3.05) is 7.11 Å². The Balaban J connectivity index is 1.89. The van der Waals surface area contributed by atoms with E-state index in [0.717, 1.165) is 28.0 Å². The van der Waals surface area contributed by atoms with E-state index in [1.165, 1.54) is 0 Å². The molecule has 0 aliphatic rings. The summed E-state index contributed by atoms with van der Waals surface area (Å²) in [4.78, 5) is 13.2. The third-order valence-electron chi connectivity index (χ3n) is 4.79. The Bertz CT molecular complexity index is 1100. The number of benzene rings is 4. The summed E-state index contributed by atoms with van der Waals surface area (Å²) >= 11 is 0. The molecular formula is C26H20O2. The fourth-order valence-electron chi connectivity index (χ4n) is 3.33. The molecular weight excluding hydrogens is 344 g/mol. The summed E-state index contributed by atoms with van der Waals surface area (Å²) in [5, 5.41) is 0. The van der Waals surface area contributed by atoms with Gasteiger partial charge in [-0.25, -0.2) is 0 Å². The molecule has 136 valence electrons. The summed E-state index contributed by atoms with van der Waals surface area (Å²) < 4.78 is 5.39. The molecule has 2 nitrogen and oxygen atoms in total. The topological polar surface area (TPSA) is 26.3 Å². The first-order valence-electron chi connectivity index (χ1n) is 9.20. The summed E-state index contributed by atoms with van der Waals surface area (Å²) in [5.41, 5.74) is 5.40. The highest BCUT2D eigenvalue weighted by Gasteiger charge is 2.16. The maximum atomic E-state index is 13.2. The van der Waals surface area contributed by atoms with Gasteiger partial charge in [0.25, 0.3) is 0 Å². The Morgan fingerprint density at radius 1 is 0.643 bits per heavy atom. The van der Waals surface area contributed by atoms with E-state index in [1.807, 2.05) is 84.9 Å². The van der Waals surface area contributed by atoms with Crippen molar-refractivity contribution in [2.45, 2.75) is 0 Å². The predicted octanol–water partition coefficient (Wildman–Crippen LogP) is 6.26. The molecule has 0 fully saturated rings. The lowest BCUT2D eigenvalue weighted by Gasteiger charge is -2.13. The Hall–Kier alpha value is -3.65. The van der Waals surface area contributed by atoms with Gasteiger partial charge in [-0.3, -0.25) is 4.79 Å². The van der Waals surface area contributed by atoms with Crippen LogP contribution in [0.25, 0.3) is 22.3 Å². The predicted molar refractivity (Wildman–Crippen MR) is 114 cm³/mol. The molecule has 0 saturated carbocycles. The van der Waals surface area contributed by atoms with Crippen LogP contribution < -0.4 is 4.74 Å². The van der Waals surface area contributed by atoms with Crippen molar-refractivity contribution in [1.82, 2.24) is 0 Å². The van der Waals surface area contributed by atoms with Crippen LogP contribution in [0.5, 0.6) is 5.75 Å². The van der Waals surface area contributed by atoms with Gasteiger partial charge in [0.1, 0.15) is 5.75 Å². The minimum atomic E-state index is 0.0121. The molecule has 28 heavy (non-hydrogen) atoms. The number of methoxy groups -OCH3 is 1. The van der Waals surface area contributed by atoms with Gasteiger partial charge in [0, 0.05) is 11.1 Å². The average Bonchev–Trinajstić information content (AvgIpc) is 2.79. The largest absolute Gasteiger partial charge is 0.497 e. The number of ketones is 1. The lowest BCUT2D eigenvalue weighted by molar-refractivity contribution is 0.103. The zero-order chi connectivity index (χ0) is 19.3. The van der Waals surface area contributed by atoms with Crippen molar-refractivity contribution in [3.05, 3.63) is 114 Å². The molecule has 0 atom stereocenters. The standard InChI is InChI=1S/C26H20O2/c1-28-23-14-8-13-22(17-23)25-18-21(19-9-4-2-5-10-19)15-16-24(25)26(27)20-11-6-3-7-12-20/h2-18H,1H3. The van der Waals surface area contributed by atoms with E-state index >= 15 is 0 Å². The number of rotatable bonds is 5. The van der Waals surface area contributed by atoms with Crippen molar-refractivity contribution >= 4 is 5.78 Å². The van der Waals surface area contributed by atoms with Crippen molar-refractivity contribution in [3.63, 3.8) is 0 Å². The highest BCUT2D eigenvalue weighted by Crippen LogP contribution is 2.32. The van der Waals surface area contributed by atoms with Crippen LogP contribution in [0.3, 0.4) is 0 Å². The lowest BCUT2D eigenvalue weighted by atomic mass is 9.90. The highest BCUT2D eigenvalue weighted by atomic mass is 16.5. The first kappa shape index (κ1) is 17.7. The smallest absolute Gasteiger partial charge is 0.193 e. The summed E-state index contributed by atoms with van der Waals surface area (Å²) in [6, 6.07) is 33.4. The summed E-state index contributed by atoms with van der Waals surface area (Å²) in [6.45, 7) is 0. The van der Waals surface area contributed by atoms with E-state index in [1.54, 1.807) is 7.11 Å². The van der Waals surface area contributed by atoms with E-state index in [2.05, 4.69) is 18.2 Å². The average molecular weight is 364 g/mol. The normalized spacial score (nSPS) is 10.5. The molecule has 0 spiro atoms. The third-order valence-corrected chi connectivity index (χ3v) is 4.79. The van der Waals surface area contributed by atoms with Gasteiger partial charge in [0.05, 0.1) is 7.11 Å². The maximum absolute atomic E-state index is 13.2. The molecule has 0 bridgehead atoms. The second-order valence-corrected chi connectivity index (χ2v) is 6.55. The van der Waals surface area contributed by atoms with Crippen molar-refractivity contribution in [2.24, 2.45) is 0 Å². The minimum absolute atomic E-state index is 0.0121. The molecule has 0 aromatic heterocycles. The van der Waals surface area contributed by atoms with Gasteiger partial charge in [0.2, 0.25) is 0 Å². The summed E-state index contributed by atoms with van der Waals surface area (Å²) in [6.07, 6.45) is 0. The summed E-state index contributed by atoms with van der Waals surface area (Å²) in [5.74, 6) is 0.777. The molecule has 0 amide bonds. The number of hydrogen-bond donors (Lipinski definition) is 0. The molecule has 0 saturated heterocycles. The molecule has 0 aliphatic carbocycles. The monoisotopic (exact) mass is 364 g/mol. The minimum Gasteiger partial charge on any atom is -0.497 e. The Kier molecular flexibility index (Phi) is 5.03. The lowest BCUT2D eigenvalue weighted by Crippen LogP contribution is -2.04. The zero-order valence-electron chi connectivity index (χ0n) is 15.6. The Morgan fingerprint density at radius 3 is 2.04 bits per heavy atom. The van der Waals surface area contributed by atoms with Crippen molar-refractivity contribution < 1.29 is 9.53 Å². The fraction of sp³-hybridized carbons (Fsp3) is 0.0385. The Morgan fingerprint density at radius 2 is 1.32 bits per heavy atom. The molecule has 4 aromatic carbocycles. The second-order valence-electron chi connectivity index (χ2n) is 6.55. The van der Waals surface area contributed by atoms with Crippen LogP contribution in [0, 0.1) is 0 Å². The van der Waals surface area contributed by atoms with Gasteiger partial charge in [0.15, 0.2) is 5.78 Å². The molecule has 0 heterocycles. The van der Waals surface area contributed by atoms with Gasteiger partial charge in [-0.1, -0.05) is 78.9 Å². The van der Waals surface area contributed by atoms with Crippen LogP contribution in [0.2, 0.25) is 0 Å². The molecule has 4 aromatic rings. The van der Waals surface area contributed by atoms with Crippen LogP contribution in [-0.2, 0) is 0 Å². The fourth-order valence-corrected chi connectivity index (χ4v) is 3.33. The first-order valence-corrected chi connectivity index (χ1v) is 9.20. The molecule has 0 unspecified atom stereocenters. The molecule has 4 rings (SSSR count). The molecule has 2 heteroatoms.